The number of nitrogens with two attached hydrogens (primary N) is 1. The van der Waals surface area contributed by atoms with E-state index in [9.17, 15) is 4.79 Å². The quantitative estimate of drug-likeness (QED) is 0.856. The summed E-state index contributed by atoms with van der Waals surface area (Å²) in [6.07, 6.45) is 1.72. The fraction of sp³-hybridized carbons (Fsp3) is 0.250. The number of nitrogen functional groups attached to an aromatic ring is 1. The molecule has 0 unspecified atom stereocenters. The van der Waals surface area contributed by atoms with Gasteiger partial charge in [0.2, 0.25) is 0 Å². The highest BCUT2D eigenvalue weighted by Gasteiger charge is 2.18. The molecule has 0 radical (unpaired) electrons. The summed E-state index contributed by atoms with van der Waals surface area (Å²) >= 11 is 0. The van der Waals surface area contributed by atoms with Crippen LogP contribution in [0, 0.1) is 0 Å². The zero-order valence-electron chi connectivity index (χ0n) is 12.2. The molecule has 2 N–H and O–H groups in total. The Labute approximate surface area is 124 Å². The Morgan fingerprint density at radius 2 is 2.14 bits per heavy atom. The highest BCUT2D eigenvalue weighted by Crippen LogP contribution is 2.21. The number of nitrogens with zero attached hydrogens (tertiary/aromatic N) is 2. The number of amides is 1. The first-order valence-corrected chi connectivity index (χ1v) is 6.78. The van der Waals surface area contributed by atoms with Gasteiger partial charge in [-0.3, -0.25) is 9.78 Å². The van der Waals surface area contributed by atoms with Gasteiger partial charge in [-0.05, 0) is 37.3 Å². The highest BCUT2D eigenvalue weighted by molar-refractivity contribution is 5.99. The number of carbonyl (C=O) groups excluding carboxylic acids is 1. The monoisotopic (exact) mass is 285 g/mol. The topological polar surface area (TPSA) is 68.5 Å². The molecule has 0 bridgehead atoms. The first-order valence-electron chi connectivity index (χ1n) is 6.78. The standard InChI is InChI=1S/C16H19N3O2/c1-3-19(11-12-6-4-5-9-18-12)16(20)14-10-13(21-2)7-8-15(14)17/h4-10H,3,11,17H2,1-2H3. The lowest BCUT2D eigenvalue weighted by molar-refractivity contribution is 0.0751. The van der Waals surface area contributed by atoms with E-state index in [2.05, 4.69) is 4.98 Å². The average Bonchev–Trinajstić information content (AvgIpc) is 2.53. The zero-order chi connectivity index (χ0) is 15.2. The van der Waals surface area contributed by atoms with Crippen molar-refractivity contribution in [2.45, 2.75) is 13.5 Å². The van der Waals surface area contributed by atoms with Crippen molar-refractivity contribution in [2.24, 2.45) is 0 Å². The molecule has 1 aromatic carbocycles. The van der Waals surface area contributed by atoms with E-state index in [1.165, 1.54) is 0 Å². The third-order valence-corrected chi connectivity index (χ3v) is 3.24. The molecule has 0 fully saturated rings. The smallest absolute Gasteiger partial charge is 0.256 e. The van der Waals surface area contributed by atoms with Gasteiger partial charge in [0.05, 0.1) is 24.9 Å². The summed E-state index contributed by atoms with van der Waals surface area (Å²) in [7, 11) is 1.56. The van der Waals surface area contributed by atoms with Crippen molar-refractivity contribution >= 4 is 11.6 Å². The van der Waals surface area contributed by atoms with Crippen molar-refractivity contribution in [3.8, 4) is 5.75 Å². The molecule has 0 aliphatic carbocycles. The summed E-state index contributed by atoms with van der Waals surface area (Å²) in [6.45, 7) is 2.95. The fourth-order valence-corrected chi connectivity index (χ4v) is 2.03. The van der Waals surface area contributed by atoms with E-state index in [0.717, 1.165) is 5.69 Å². The third-order valence-electron chi connectivity index (χ3n) is 3.24. The van der Waals surface area contributed by atoms with Crippen molar-refractivity contribution in [3.05, 3.63) is 53.9 Å². The van der Waals surface area contributed by atoms with Gasteiger partial charge in [0, 0.05) is 18.4 Å². The van der Waals surface area contributed by atoms with Gasteiger partial charge in [0.1, 0.15) is 5.75 Å². The SMILES string of the molecule is CCN(Cc1ccccn1)C(=O)c1cc(OC)ccc1N. The Morgan fingerprint density at radius 3 is 2.76 bits per heavy atom. The molecule has 2 aromatic rings. The van der Waals surface area contributed by atoms with Crippen LogP contribution in [0.5, 0.6) is 5.75 Å². The predicted octanol–water partition coefficient (Wildman–Crippen LogP) is 2.33. The second-order valence-electron chi connectivity index (χ2n) is 4.59. The number of anilines is 1. The Balaban J connectivity index is 2.24. The summed E-state index contributed by atoms with van der Waals surface area (Å²) in [5.74, 6) is 0.487. The van der Waals surface area contributed by atoms with E-state index in [-0.39, 0.29) is 5.91 Å². The Morgan fingerprint density at radius 1 is 1.33 bits per heavy atom. The van der Waals surface area contributed by atoms with Crippen LogP contribution in [-0.2, 0) is 6.54 Å². The summed E-state index contributed by atoms with van der Waals surface area (Å²) in [5, 5.41) is 0. The number of methoxy groups -OCH3 is 1. The maximum atomic E-state index is 12.6. The highest BCUT2D eigenvalue weighted by atomic mass is 16.5. The van der Waals surface area contributed by atoms with Crippen LogP contribution in [0.25, 0.3) is 0 Å². The molecular formula is C16H19N3O2. The van der Waals surface area contributed by atoms with Crippen LogP contribution < -0.4 is 10.5 Å². The van der Waals surface area contributed by atoms with E-state index >= 15 is 0 Å². The van der Waals surface area contributed by atoms with E-state index in [4.69, 9.17) is 10.5 Å². The van der Waals surface area contributed by atoms with Crippen molar-refractivity contribution in [1.82, 2.24) is 9.88 Å². The predicted molar refractivity (Wildman–Crippen MR) is 82.1 cm³/mol. The van der Waals surface area contributed by atoms with E-state index in [1.54, 1.807) is 36.4 Å². The lowest BCUT2D eigenvalue weighted by atomic mass is 10.1. The normalized spacial score (nSPS) is 10.2. The van der Waals surface area contributed by atoms with Gasteiger partial charge in [-0.1, -0.05) is 6.07 Å². The molecule has 2 rings (SSSR count). The number of pyridine rings is 1. The van der Waals surface area contributed by atoms with Crippen LogP contribution in [0.4, 0.5) is 5.69 Å². The number of hydrogen-bond donors (Lipinski definition) is 1. The summed E-state index contributed by atoms with van der Waals surface area (Å²) in [4.78, 5) is 18.6. The van der Waals surface area contributed by atoms with Gasteiger partial charge in [-0.25, -0.2) is 0 Å². The average molecular weight is 285 g/mol. The van der Waals surface area contributed by atoms with Crippen LogP contribution in [0.2, 0.25) is 0 Å². The Bertz CT molecular complexity index is 614. The molecule has 0 spiro atoms. The van der Waals surface area contributed by atoms with Crippen LogP contribution in [0.1, 0.15) is 23.0 Å². The fourth-order valence-electron chi connectivity index (χ4n) is 2.03. The van der Waals surface area contributed by atoms with Crippen molar-refractivity contribution in [1.29, 1.82) is 0 Å². The third kappa shape index (κ3) is 3.51. The lowest BCUT2D eigenvalue weighted by Gasteiger charge is -2.21. The summed E-state index contributed by atoms with van der Waals surface area (Å²) < 4.78 is 5.15. The van der Waals surface area contributed by atoms with Crippen LogP contribution in [0.15, 0.2) is 42.6 Å². The molecule has 1 aromatic heterocycles. The minimum Gasteiger partial charge on any atom is -0.497 e. The van der Waals surface area contributed by atoms with Crippen LogP contribution >= 0.6 is 0 Å². The molecule has 0 aliphatic heterocycles. The minimum atomic E-state index is -0.125. The number of carbonyl (C=O) groups is 1. The number of ether oxygens (including phenoxy) is 1. The first-order chi connectivity index (χ1) is 10.2. The van der Waals surface area contributed by atoms with Gasteiger partial charge in [0.15, 0.2) is 0 Å². The Hall–Kier alpha value is -2.56. The molecule has 1 heterocycles. The van der Waals surface area contributed by atoms with Crippen molar-refractivity contribution < 1.29 is 9.53 Å². The lowest BCUT2D eigenvalue weighted by Crippen LogP contribution is -2.31. The number of hydrogen-bond acceptors (Lipinski definition) is 4. The van der Waals surface area contributed by atoms with Gasteiger partial charge < -0.3 is 15.4 Å². The second kappa shape index (κ2) is 6.74. The molecular weight excluding hydrogens is 266 g/mol. The minimum absolute atomic E-state index is 0.125. The zero-order valence-corrected chi connectivity index (χ0v) is 12.2. The second-order valence-corrected chi connectivity index (χ2v) is 4.59. The molecule has 0 saturated heterocycles. The molecule has 0 aliphatic rings. The maximum absolute atomic E-state index is 12.6. The van der Waals surface area contributed by atoms with Crippen molar-refractivity contribution in [2.75, 3.05) is 19.4 Å². The molecule has 5 heteroatoms. The largest absolute Gasteiger partial charge is 0.497 e. The Kier molecular flexibility index (Phi) is 4.77. The van der Waals surface area contributed by atoms with Crippen LogP contribution in [-0.4, -0.2) is 29.4 Å². The van der Waals surface area contributed by atoms with Gasteiger partial charge in [0.25, 0.3) is 5.91 Å². The summed E-state index contributed by atoms with van der Waals surface area (Å²) in [5.41, 5.74) is 7.65. The number of rotatable bonds is 5. The molecule has 1 amide bonds. The first kappa shape index (κ1) is 14.8. The molecule has 21 heavy (non-hydrogen) atoms. The molecule has 0 saturated carbocycles. The number of benzene rings is 1. The van der Waals surface area contributed by atoms with Gasteiger partial charge in [-0.2, -0.15) is 0 Å². The maximum Gasteiger partial charge on any atom is 0.256 e. The molecule has 5 nitrogen and oxygen atoms in total. The van der Waals surface area contributed by atoms with Gasteiger partial charge in [-0.15, -0.1) is 0 Å². The number of aromatic nitrogens is 1. The van der Waals surface area contributed by atoms with Crippen LogP contribution in [0.3, 0.4) is 0 Å². The van der Waals surface area contributed by atoms with Gasteiger partial charge >= 0.3 is 0 Å². The van der Waals surface area contributed by atoms with E-state index < -0.39 is 0 Å². The summed E-state index contributed by atoms with van der Waals surface area (Å²) in [6, 6.07) is 10.7. The van der Waals surface area contributed by atoms with E-state index in [1.807, 2.05) is 25.1 Å². The van der Waals surface area contributed by atoms with E-state index in [0.29, 0.717) is 30.1 Å². The molecule has 0 atom stereocenters. The van der Waals surface area contributed by atoms with Crippen molar-refractivity contribution in [3.63, 3.8) is 0 Å². The molecule has 110 valence electrons.